The summed E-state index contributed by atoms with van der Waals surface area (Å²) in [5.41, 5.74) is 28.0. The van der Waals surface area contributed by atoms with Crippen LogP contribution in [-0.2, 0) is 24.7 Å². The Hall–Kier alpha value is -8.20. The minimum atomic E-state index is -0.663. The molecule has 0 saturated carbocycles. The van der Waals surface area contributed by atoms with Gasteiger partial charge in [-0.25, -0.2) is 0 Å². The lowest BCUT2D eigenvalue weighted by molar-refractivity contribution is 0.607. The maximum atomic E-state index is 2.63. The second kappa shape index (κ2) is 25.5. The Labute approximate surface area is 524 Å². The molecule has 0 aliphatic heterocycles. The number of nitrogens with zero attached hydrogens (tertiary/aromatic N) is 2. The number of hydrogen-bond donors (Lipinski definition) is 0. The van der Waals surface area contributed by atoms with Crippen LogP contribution in [0, 0.1) is 6.92 Å². The predicted molar refractivity (Wildman–Crippen MR) is 378 cm³/mol. The van der Waals surface area contributed by atoms with Gasteiger partial charge in [-0.15, -0.1) is 0 Å². The van der Waals surface area contributed by atoms with E-state index in [1.807, 2.05) is 0 Å². The molecular formula is C86H88N2. The second-order valence-electron chi connectivity index (χ2n) is 26.3. The molecule has 14 rings (SSSR count). The van der Waals surface area contributed by atoms with Gasteiger partial charge in [0.15, 0.2) is 0 Å². The van der Waals surface area contributed by atoms with Gasteiger partial charge in [0.1, 0.15) is 0 Å². The van der Waals surface area contributed by atoms with Gasteiger partial charge in [0, 0.05) is 32.9 Å². The number of rotatable bonds is 25. The van der Waals surface area contributed by atoms with Crippen molar-refractivity contribution in [2.75, 3.05) is 0 Å². The fraction of sp³-hybridized carbons (Fsp3) is 0.302. The second-order valence-corrected chi connectivity index (χ2v) is 26.3. The van der Waals surface area contributed by atoms with E-state index in [2.05, 4.69) is 243 Å². The van der Waals surface area contributed by atoms with Crippen LogP contribution < -0.4 is 0 Å². The van der Waals surface area contributed by atoms with Crippen LogP contribution in [0.25, 0.3) is 99.5 Å². The van der Waals surface area contributed by atoms with E-state index < -0.39 is 5.41 Å². The Morgan fingerprint density at radius 1 is 0.273 bits per heavy atom. The topological polar surface area (TPSA) is 9.86 Å². The zero-order chi connectivity index (χ0) is 59.6. The van der Waals surface area contributed by atoms with E-state index in [1.165, 1.54) is 260 Å². The average Bonchev–Trinajstić information content (AvgIpc) is 1.51. The van der Waals surface area contributed by atoms with Crippen LogP contribution >= 0.6 is 0 Å². The highest BCUT2D eigenvalue weighted by Gasteiger charge is 2.52. The first kappa shape index (κ1) is 57.5. The first-order valence-corrected chi connectivity index (χ1v) is 34.2. The lowest BCUT2D eigenvalue weighted by Gasteiger charge is -2.32. The summed E-state index contributed by atoms with van der Waals surface area (Å²) in [5, 5.41) is 5.42. The molecule has 88 heavy (non-hydrogen) atoms. The van der Waals surface area contributed by atoms with Gasteiger partial charge >= 0.3 is 0 Å². The molecule has 0 atom stereocenters. The number of aryl methyl sites for hydroxylation is 4. The molecule has 2 aliphatic carbocycles. The van der Waals surface area contributed by atoms with Crippen molar-refractivity contribution in [1.29, 1.82) is 0 Å². The van der Waals surface area contributed by atoms with Crippen molar-refractivity contribution >= 4 is 43.6 Å². The molecule has 442 valence electrons. The van der Waals surface area contributed by atoms with Crippen LogP contribution in [0.15, 0.2) is 206 Å². The molecule has 0 saturated heterocycles. The van der Waals surface area contributed by atoms with Crippen LogP contribution in [0.1, 0.15) is 181 Å². The van der Waals surface area contributed by atoms with Gasteiger partial charge in [-0.1, -0.05) is 244 Å². The molecular weight excluding hydrogens is 1060 g/mol. The van der Waals surface area contributed by atoms with Crippen LogP contribution in [0.3, 0.4) is 0 Å². The van der Waals surface area contributed by atoms with E-state index in [9.17, 15) is 0 Å². The molecule has 2 nitrogen and oxygen atoms in total. The van der Waals surface area contributed by atoms with E-state index in [0.29, 0.717) is 0 Å². The zero-order valence-corrected chi connectivity index (χ0v) is 52.9. The van der Waals surface area contributed by atoms with Crippen LogP contribution in [0.4, 0.5) is 0 Å². The number of hydrogen-bond acceptors (Lipinski definition) is 0. The summed E-state index contributed by atoms with van der Waals surface area (Å²) >= 11 is 0. The molecule has 2 aromatic heterocycles. The van der Waals surface area contributed by atoms with Gasteiger partial charge in [-0.3, -0.25) is 0 Å². The number of unbranched alkanes of at least 4 members (excludes halogenated alkanes) is 15. The summed E-state index contributed by atoms with van der Waals surface area (Å²) in [6, 6.07) is 81.4. The fourth-order valence-corrected chi connectivity index (χ4v) is 15.8. The van der Waals surface area contributed by atoms with Gasteiger partial charge in [-0.2, -0.15) is 0 Å². The number of fused-ring (bicyclic) bond motifs is 16. The van der Waals surface area contributed by atoms with Crippen LogP contribution in [0.5, 0.6) is 0 Å². The van der Waals surface area contributed by atoms with Gasteiger partial charge in [0.25, 0.3) is 0 Å². The summed E-state index contributed by atoms with van der Waals surface area (Å²) < 4.78 is 5.20. The Bertz CT molecular complexity index is 4310. The highest BCUT2D eigenvalue weighted by atomic mass is 15.0. The standard InChI is InChI=1S/C86H88N2/c1-5-8-11-14-17-22-29-61-37-49-83-75(53-61)74-52-60(4)36-48-82(74)87(83)68-42-46-72-73-47-43-69(88-84-50-38-62(30-23-18-15-12-9-6-2)54-76(84)77-55-63(39-51-85(77)88)31-24-19-16-13-10-7-3)59-81(73)86(80(72)58-68)78-56-66(64-32-25-20-26-33-64)40-44-70(78)71-45-41-67(57-79(71)86)65-34-27-21-28-35-65/h20-21,25-28,32-59H,5-19,22-24,29-31H2,1-4H3. The summed E-state index contributed by atoms with van der Waals surface area (Å²) in [5.74, 6) is 0. The Morgan fingerprint density at radius 2 is 0.602 bits per heavy atom. The van der Waals surface area contributed by atoms with Crippen molar-refractivity contribution in [3.63, 3.8) is 0 Å². The maximum absolute atomic E-state index is 2.63. The highest BCUT2D eigenvalue weighted by Crippen LogP contribution is 2.64. The van der Waals surface area contributed by atoms with Crippen molar-refractivity contribution in [2.45, 2.75) is 168 Å². The minimum Gasteiger partial charge on any atom is -0.309 e. The third-order valence-corrected chi connectivity index (χ3v) is 20.3. The molecule has 0 bridgehead atoms. The largest absolute Gasteiger partial charge is 0.309 e. The van der Waals surface area contributed by atoms with Gasteiger partial charge < -0.3 is 9.13 Å². The average molecular weight is 1150 g/mol. The van der Waals surface area contributed by atoms with E-state index in [-0.39, 0.29) is 0 Å². The Balaban J connectivity index is 0.977. The van der Waals surface area contributed by atoms with Crippen LogP contribution in [-0.4, -0.2) is 9.13 Å². The molecule has 0 unspecified atom stereocenters. The zero-order valence-electron chi connectivity index (χ0n) is 52.9. The normalized spacial score (nSPS) is 12.9. The molecule has 2 aliphatic rings. The lowest BCUT2D eigenvalue weighted by atomic mass is 9.69. The van der Waals surface area contributed by atoms with Crippen molar-refractivity contribution in [2.24, 2.45) is 0 Å². The molecule has 10 aromatic carbocycles. The molecule has 0 fully saturated rings. The third kappa shape index (κ3) is 10.6. The van der Waals surface area contributed by atoms with Crippen molar-refractivity contribution in [3.05, 3.63) is 251 Å². The first-order valence-electron chi connectivity index (χ1n) is 34.2. The molecule has 0 radical (unpaired) electrons. The van der Waals surface area contributed by atoms with Gasteiger partial charge in [0.2, 0.25) is 0 Å². The number of benzene rings is 10. The molecule has 1 spiro atoms. The van der Waals surface area contributed by atoms with Crippen LogP contribution in [0.2, 0.25) is 0 Å². The van der Waals surface area contributed by atoms with Crippen molar-refractivity contribution in [1.82, 2.24) is 9.13 Å². The van der Waals surface area contributed by atoms with E-state index in [0.717, 1.165) is 19.3 Å². The summed E-state index contributed by atoms with van der Waals surface area (Å²) in [4.78, 5) is 0. The lowest BCUT2D eigenvalue weighted by Crippen LogP contribution is -2.26. The first-order chi connectivity index (χ1) is 43.4. The highest BCUT2D eigenvalue weighted by molar-refractivity contribution is 6.11. The monoisotopic (exact) mass is 1150 g/mol. The molecule has 2 heterocycles. The summed E-state index contributed by atoms with van der Waals surface area (Å²) in [7, 11) is 0. The Morgan fingerprint density at radius 3 is 0.989 bits per heavy atom. The van der Waals surface area contributed by atoms with E-state index in [4.69, 9.17) is 0 Å². The van der Waals surface area contributed by atoms with Crippen molar-refractivity contribution < 1.29 is 0 Å². The maximum Gasteiger partial charge on any atom is 0.0727 e. The SMILES string of the molecule is CCCCCCCCc1ccc2c(c1)c1cc(C)ccc1n2-c1ccc2c(c1)C1(c3cc(-c4ccccc4)ccc3-c3ccc(-c4ccccc4)cc31)c1cc(-n3c4ccc(CCCCCCCC)cc4c4cc(CCCCCCCC)ccc43)ccc1-2. The fourth-order valence-electron chi connectivity index (χ4n) is 15.8. The summed E-state index contributed by atoms with van der Waals surface area (Å²) in [6.07, 6.45) is 26.9. The quantitative estimate of drug-likeness (QED) is 0.0505. The molecule has 12 aromatic rings. The van der Waals surface area contributed by atoms with Gasteiger partial charge in [-0.05, 0) is 214 Å². The van der Waals surface area contributed by atoms with E-state index >= 15 is 0 Å². The van der Waals surface area contributed by atoms with Crippen molar-refractivity contribution in [3.8, 4) is 55.9 Å². The summed E-state index contributed by atoms with van der Waals surface area (Å²) in [6.45, 7) is 9.19. The third-order valence-electron chi connectivity index (χ3n) is 20.3. The minimum absolute atomic E-state index is 0.663. The van der Waals surface area contributed by atoms with Gasteiger partial charge in [0.05, 0.1) is 27.5 Å². The molecule has 2 heteroatoms. The smallest absolute Gasteiger partial charge is 0.0727 e. The molecule has 0 N–H and O–H groups in total. The van der Waals surface area contributed by atoms with E-state index in [1.54, 1.807) is 0 Å². The number of aromatic nitrogens is 2. The Kier molecular flexibility index (Phi) is 16.7. The molecule has 0 amide bonds. The predicted octanol–water partition coefficient (Wildman–Crippen LogP) is 24.6.